The molecular weight excluding hydrogens is 200 g/mol. The summed E-state index contributed by atoms with van der Waals surface area (Å²) >= 11 is 0. The second-order valence-corrected chi connectivity index (χ2v) is 3.66. The van der Waals surface area contributed by atoms with Gasteiger partial charge in [0.05, 0.1) is 18.5 Å². The number of aryl methyl sites for hydroxylation is 1. The molecule has 1 aromatic heterocycles. The maximum absolute atomic E-state index is 6.95. The van der Waals surface area contributed by atoms with Crippen molar-refractivity contribution in [2.75, 3.05) is 5.73 Å². The number of nitrogens with zero attached hydrogens (tertiary/aromatic N) is 3. The zero-order valence-corrected chi connectivity index (χ0v) is 9.23. The maximum atomic E-state index is 6.95. The van der Waals surface area contributed by atoms with E-state index in [-0.39, 0.29) is 0 Å². The van der Waals surface area contributed by atoms with Gasteiger partial charge in [-0.15, -0.1) is 0 Å². The summed E-state index contributed by atoms with van der Waals surface area (Å²) in [5.41, 5.74) is 9.46. The smallest absolute Gasteiger partial charge is 0.247 e. The molecule has 1 heterocycles. The topological polar surface area (TPSA) is 48.2 Å². The predicted molar refractivity (Wildman–Crippen MR) is 63.7 cm³/mol. The lowest BCUT2D eigenvalue weighted by Gasteiger charge is -2.10. The van der Waals surface area contributed by atoms with Gasteiger partial charge < -0.3 is 5.73 Å². The Morgan fingerprint density at radius 2 is 2.12 bits per heavy atom. The van der Waals surface area contributed by atoms with Crippen LogP contribution in [0.5, 0.6) is 0 Å². The first kappa shape index (κ1) is 10.2. The van der Waals surface area contributed by atoms with Crippen LogP contribution in [0.15, 0.2) is 24.4 Å². The van der Waals surface area contributed by atoms with E-state index in [9.17, 15) is 0 Å². The summed E-state index contributed by atoms with van der Waals surface area (Å²) < 4.78 is 1.61. The lowest BCUT2D eigenvalue weighted by Crippen LogP contribution is -2.04. The van der Waals surface area contributed by atoms with Gasteiger partial charge in [-0.25, -0.2) is 9.53 Å². The molecule has 2 aromatic rings. The molecule has 4 heteroatoms. The summed E-state index contributed by atoms with van der Waals surface area (Å²) in [7, 11) is 0. The van der Waals surface area contributed by atoms with Crippen LogP contribution in [-0.4, -0.2) is 9.78 Å². The van der Waals surface area contributed by atoms with E-state index in [0.717, 1.165) is 11.3 Å². The van der Waals surface area contributed by atoms with Crippen molar-refractivity contribution in [1.82, 2.24) is 9.78 Å². The highest BCUT2D eigenvalue weighted by molar-refractivity contribution is 5.65. The maximum Gasteiger partial charge on any atom is 0.247 e. The molecule has 0 saturated carbocycles. The normalized spacial score (nSPS) is 10.1. The number of nitrogens with two attached hydrogens (primary N) is 1. The van der Waals surface area contributed by atoms with Gasteiger partial charge in [-0.1, -0.05) is 12.1 Å². The van der Waals surface area contributed by atoms with Crippen molar-refractivity contribution in [3.63, 3.8) is 0 Å². The Bertz CT molecular complexity index is 575. The Morgan fingerprint density at radius 3 is 2.75 bits per heavy atom. The fourth-order valence-electron chi connectivity index (χ4n) is 1.59. The average Bonchev–Trinajstić information content (AvgIpc) is 2.64. The summed E-state index contributed by atoms with van der Waals surface area (Å²) in [5.74, 6) is 0.392. The van der Waals surface area contributed by atoms with Crippen molar-refractivity contribution in [1.29, 1.82) is 0 Å². The van der Waals surface area contributed by atoms with Crippen molar-refractivity contribution in [3.8, 4) is 5.69 Å². The number of hydrogen-bond donors (Lipinski definition) is 1. The fraction of sp³-hybridized carbons (Fsp3) is 0.167. The molecule has 2 rings (SSSR count). The summed E-state index contributed by atoms with van der Waals surface area (Å²) in [6, 6.07) is 5.93. The van der Waals surface area contributed by atoms with Crippen LogP contribution in [0.3, 0.4) is 0 Å². The Morgan fingerprint density at radius 1 is 1.38 bits per heavy atom. The zero-order chi connectivity index (χ0) is 11.7. The molecule has 1 aromatic carbocycles. The van der Waals surface area contributed by atoms with E-state index in [4.69, 9.17) is 12.3 Å². The van der Waals surface area contributed by atoms with Crippen molar-refractivity contribution in [2.45, 2.75) is 13.8 Å². The largest absolute Gasteiger partial charge is 0.392 e. The lowest BCUT2D eigenvalue weighted by atomic mass is 10.1. The second-order valence-electron chi connectivity index (χ2n) is 3.66. The van der Waals surface area contributed by atoms with Gasteiger partial charge in [-0.2, -0.15) is 5.10 Å². The molecule has 0 atom stereocenters. The Kier molecular flexibility index (Phi) is 2.37. The lowest BCUT2D eigenvalue weighted by molar-refractivity contribution is 0.881. The molecule has 0 aliphatic carbocycles. The van der Waals surface area contributed by atoms with Gasteiger partial charge in [0.15, 0.2) is 0 Å². The summed E-state index contributed by atoms with van der Waals surface area (Å²) in [6.45, 7) is 11.0. The molecule has 80 valence electrons. The highest BCUT2D eigenvalue weighted by atomic mass is 15.3. The van der Waals surface area contributed by atoms with E-state index < -0.39 is 0 Å². The molecule has 4 nitrogen and oxygen atoms in total. The van der Waals surface area contributed by atoms with Crippen LogP contribution in [-0.2, 0) is 0 Å². The highest BCUT2D eigenvalue weighted by Gasteiger charge is 2.10. The van der Waals surface area contributed by atoms with Gasteiger partial charge in [0.25, 0.3) is 0 Å². The van der Waals surface area contributed by atoms with Crippen LogP contribution in [0.1, 0.15) is 11.1 Å². The molecule has 0 fully saturated rings. The van der Waals surface area contributed by atoms with Gasteiger partial charge in [-0.05, 0) is 31.0 Å². The first-order valence-electron chi connectivity index (χ1n) is 4.92. The minimum Gasteiger partial charge on any atom is -0.392 e. The van der Waals surface area contributed by atoms with Crippen LogP contribution in [0.25, 0.3) is 10.5 Å². The highest BCUT2D eigenvalue weighted by Crippen LogP contribution is 2.26. The quantitative estimate of drug-likeness (QED) is 0.739. The van der Waals surface area contributed by atoms with E-state index in [1.165, 1.54) is 11.8 Å². The van der Waals surface area contributed by atoms with E-state index in [0.29, 0.717) is 11.5 Å². The van der Waals surface area contributed by atoms with Crippen molar-refractivity contribution >= 4 is 11.5 Å². The van der Waals surface area contributed by atoms with Crippen LogP contribution < -0.4 is 5.73 Å². The van der Waals surface area contributed by atoms with Crippen molar-refractivity contribution in [3.05, 3.63) is 46.9 Å². The number of hydrogen-bond acceptors (Lipinski definition) is 2. The SMILES string of the molecule is [C-]#[N+]c1cnn(-c2cccc(C)c2C)c1N. The van der Waals surface area contributed by atoms with E-state index >= 15 is 0 Å². The van der Waals surface area contributed by atoms with E-state index in [1.54, 1.807) is 4.68 Å². The zero-order valence-electron chi connectivity index (χ0n) is 9.23. The molecule has 0 unspecified atom stereocenters. The molecule has 0 saturated heterocycles. The number of rotatable bonds is 1. The molecular formula is C12H12N4. The standard InChI is InChI=1S/C12H12N4/c1-8-5-4-6-11(9(8)2)16-12(13)10(14-3)7-15-16/h4-7H,13H2,1-2H3. The van der Waals surface area contributed by atoms with Crippen LogP contribution >= 0.6 is 0 Å². The van der Waals surface area contributed by atoms with Crippen LogP contribution in [0, 0.1) is 20.4 Å². The Labute approximate surface area is 94.1 Å². The third kappa shape index (κ3) is 1.43. The molecule has 0 aliphatic heterocycles. The second kappa shape index (κ2) is 3.70. The van der Waals surface area contributed by atoms with Crippen molar-refractivity contribution in [2.24, 2.45) is 0 Å². The minimum absolute atomic E-state index is 0.390. The molecule has 0 aliphatic rings. The van der Waals surface area contributed by atoms with Crippen molar-refractivity contribution < 1.29 is 0 Å². The summed E-state index contributed by atoms with van der Waals surface area (Å²) in [5, 5.41) is 4.14. The third-order valence-corrected chi connectivity index (χ3v) is 2.71. The Hall–Kier alpha value is -2.28. The summed E-state index contributed by atoms with van der Waals surface area (Å²) in [4.78, 5) is 3.31. The number of nitrogen functional groups attached to an aromatic ring is 1. The molecule has 0 radical (unpaired) electrons. The van der Waals surface area contributed by atoms with Gasteiger partial charge in [0.2, 0.25) is 5.69 Å². The van der Waals surface area contributed by atoms with E-state index in [1.807, 2.05) is 32.0 Å². The fourth-order valence-corrected chi connectivity index (χ4v) is 1.59. The third-order valence-electron chi connectivity index (χ3n) is 2.71. The molecule has 2 N–H and O–H groups in total. The number of anilines is 1. The van der Waals surface area contributed by atoms with Gasteiger partial charge in [0, 0.05) is 0 Å². The average molecular weight is 212 g/mol. The molecule has 0 spiro atoms. The van der Waals surface area contributed by atoms with Gasteiger partial charge >= 0.3 is 0 Å². The monoisotopic (exact) mass is 212 g/mol. The molecule has 0 amide bonds. The number of benzene rings is 1. The Balaban J connectivity index is 2.64. The molecule has 0 bridgehead atoms. The van der Waals surface area contributed by atoms with Crippen LogP contribution in [0.4, 0.5) is 11.5 Å². The van der Waals surface area contributed by atoms with Gasteiger partial charge in [0.1, 0.15) is 5.82 Å². The van der Waals surface area contributed by atoms with Gasteiger partial charge in [-0.3, -0.25) is 0 Å². The first-order chi connectivity index (χ1) is 7.65. The first-order valence-corrected chi connectivity index (χ1v) is 4.92. The summed E-state index contributed by atoms with van der Waals surface area (Å²) in [6.07, 6.45) is 1.49. The predicted octanol–water partition coefficient (Wildman–Crippen LogP) is 2.62. The molecule has 16 heavy (non-hydrogen) atoms. The number of aromatic nitrogens is 2. The van der Waals surface area contributed by atoms with Crippen LogP contribution in [0.2, 0.25) is 0 Å². The van der Waals surface area contributed by atoms with E-state index in [2.05, 4.69) is 9.94 Å². The minimum atomic E-state index is 0.390.